The number of thiophene rings is 1. The summed E-state index contributed by atoms with van der Waals surface area (Å²) in [6.07, 6.45) is 5.88. The fourth-order valence-electron chi connectivity index (χ4n) is 2.90. The highest BCUT2D eigenvalue weighted by Gasteiger charge is 2.09. The molecule has 7 nitrogen and oxygen atoms in total. The first-order valence-corrected chi connectivity index (χ1v) is 10.7. The predicted octanol–water partition coefficient (Wildman–Crippen LogP) is 5.52. The summed E-state index contributed by atoms with van der Waals surface area (Å²) >= 11 is 1.74. The monoisotopic (exact) mass is 430 g/mol. The van der Waals surface area contributed by atoms with Crippen molar-refractivity contribution in [3.8, 4) is 17.3 Å². The van der Waals surface area contributed by atoms with Crippen molar-refractivity contribution in [3.63, 3.8) is 0 Å². The second-order valence-electron chi connectivity index (χ2n) is 6.90. The zero-order valence-electron chi connectivity index (χ0n) is 17.4. The highest BCUT2D eigenvalue weighted by Crippen LogP contribution is 2.25. The molecule has 0 atom stereocenters. The Bertz CT molecular complexity index is 1140. The molecule has 0 radical (unpaired) electrons. The second kappa shape index (κ2) is 9.99. The van der Waals surface area contributed by atoms with E-state index >= 15 is 0 Å². The zero-order valence-corrected chi connectivity index (χ0v) is 18.2. The molecule has 4 rings (SSSR count). The Balaban J connectivity index is 1.51. The molecule has 4 aromatic heterocycles. The molecule has 8 heteroatoms. The average molecular weight is 431 g/mol. The maximum absolute atomic E-state index is 5.82. The van der Waals surface area contributed by atoms with Crippen LogP contribution in [0.15, 0.2) is 71.3 Å². The molecule has 4 aromatic rings. The average Bonchev–Trinajstić information content (AvgIpc) is 3.12. The number of hydrogen-bond acceptors (Lipinski definition) is 8. The molecule has 0 bridgehead atoms. The van der Waals surface area contributed by atoms with Gasteiger partial charge in [0.05, 0.1) is 18.8 Å². The minimum Gasteiger partial charge on any atom is -0.463 e. The van der Waals surface area contributed by atoms with Gasteiger partial charge in [-0.2, -0.15) is 15.1 Å². The van der Waals surface area contributed by atoms with Gasteiger partial charge in [0.1, 0.15) is 0 Å². The van der Waals surface area contributed by atoms with Crippen molar-refractivity contribution in [1.29, 1.82) is 0 Å². The van der Waals surface area contributed by atoms with Crippen molar-refractivity contribution < 1.29 is 4.74 Å². The Morgan fingerprint density at radius 1 is 1.00 bits per heavy atom. The van der Waals surface area contributed by atoms with Crippen molar-refractivity contribution in [2.75, 3.05) is 6.61 Å². The maximum atomic E-state index is 5.82. The Hall–Kier alpha value is -3.52. The van der Waals surface area contributed by atoms with Gasteiger partial charge in [-0.1, -0.05) is 6.07 Å². The fraction of sp³-hybridized carbons (Fsp3) is 0.217. The van der Waals surface area contributed by atoms with Gasteiger partial charge in [0.25, 0.3) is 0 Å². The summed E-state index contributed by atoms with van der Waals surface area (Å²) < 4.78 is 5.82. The van der Waals surface area contributed by atoms with Crippen LogP contribution >= 0.6 is 11.3 Å². The molecular formula is C23H22N6OS. The van der Waals surface area contributed by atoms with Gasteiger partial charge in [0, 0.05) is 52.1 Å². The molecule has 156 valence electrons. The number of pyridine rings is 2. The van der Waals surface area contributed by atoms with Crippen LogP contribution in [0.5, 0.6) is 6.01 Å². The van der Waals surface area contributed by atoms with E-state index in [-0.39, 0.29) is 6.01 Å². The lowest BCUT2D eigenvalue weighted by Crippen LogP contribution is -2.05. The third-order valence-electron chi connectivity index (χ3n) is 4.60. The molecule has 0 spiro atoms. The number of aromatic nitrogens is 4. The molecule has 0 aliphatic rings. The number of ether oxygens (including phenoxy) is 1. The molecule has 31 heavy (non-hydrogen) atoms. The minimum absolute atomic E-state index is 0.266. The van der Waals surface area contributed by atoms with E-state index < -0.39 is 0 Å². The van der Waals surface area contributed by atoms with Crippen LogP contribution in [-0.4, -0.2) is 26.5 Å². The Kier molecular flexibility index (Phi) is 6.68. The predicted molar refractivity (Wildman–Crippen MR) is 121 cm³/mol. The van der Waals surface area contributed by atoms with Crippen LogP contribution in [0.3, 0.4) is 0 Å². The number of azo groups is 1. The first-order valence-electron chi connectivity index (χ1n) is 9.93. The Labute approximate surface area is 185 Å². The van der Waals surface area contributed by atoms with Gasteiger partial charge in [0.2, 0.25) is 0 Å². The molecule has 0 aliphatic heterocycles. The highest BCUT2D eigenvalue weighted by atomic mass is 32.1. The Morgan fingerprint density at radius 2 is 1.87 bits per heavy atom. The van der Waals surface area contributed by atoms with Crippen LogP contribution in [0.2, 0.25) is 0 Å². The third-order valence-corrected chi connectivity index (χ3v) is 5.74. The van der Waals surface area contributed by atoms with E-state index in [1.165, 1.54) is 15.3 Å². The van der Waals surface area contributed by atoms with E-state index in [1.54, 1.807) is 36.0 Å². The molecule has 0 N–H and O–H groups in total. The molecule has 0 unspecified atom stereocenters. The van der Waals surface area contributed by atoms with E-state index in [2.05, 4.69) is 50.1 Å². The topological polar surface area (TPSA) is 85.5 Å². The fourth-order valence-corrected chi connectivity index (χ4v) is 3.87. The number of nitrogens with zero attached hydrogens (tertiary/aromatic N) is 6. The van der Waals surface area contributed by atoms with Gasteiger partial charge < -0.3 is 4.74 Å². The van der Waals surface area contributed by atoms with Gasteiger partial charge in [0.15, 0.2) is 5.82 Å². The summed E-state index contributed by atoms with van der Waals surface area (Å²) in [6.45, 7) is 5.15. The van der Waals surface area contributed by atoms with Gasteiger partial charge >= 0.3 is 6.01 Å². The second-order valence-corrected chi connectivity index (χ2v) is 8.24. The zero-order chi connectivity index (χ0) is 21.5. The van der Waals surface area contributed by atoms with Crippen LogP contribution < -0.4 is 4.74 Å². The van der Waals surface area contributed by atoms with E-state index in [1.807, 2.05) is 30.3 Å². The van der Waals surface area contributed by atoms with Gasteiger partial charge in [-0.15, -0.1) is 16.5 Å². The normalized spacial score (nSPS) is 11.2. The van der Waals surface area contributed by atoms with Crippen LogP contribution in [0.4, 0.5) is 5.82 Å². The van der Waals surface area contributed by atoms with E-state index in [9.17, 15) is 0 Å². The van der Waals surface area contributed by atoms with Crippen LogP contribution in [0.1, 0.15) is 21.0 Å². The van der Waals surface area contributed by atoms with Crippen molar-refractivity contribution >= 4 is 17.2 Å². The minimum atomic E-state index is 0.266. The molecule has 4 heterocycles. The summed E-state index contributed by atoms with van der Waals surface area (Å²) in [5.41, 5.74) is 3.85. The standard InChI is InChI=1S/C23H22N6OS/c1-16-13-20(31-17(16)2)15-26-29-22-14-21(18-6-10-24-11-7-18)27-23(28-22)30-12-8-19-5-3-4-9-25-19/h3-7,9-11,13-14H,8,12,15H2,1-2H3. The maximum Gasteiger partial charge on any atom is 0.319 e. The van der Waals surface area contributed by atoms with Crippen molar-refractivity contribution in [3.05, 3.63) is 82.1 Å². The van der Waals surface area contributed by atoms with Crippen LogP contribution in [-0.2, 0) is 13.0 Å². The number of hydrogen-bond donors (Lipinski definition) is 0. The lowest BCUT2D eigenvalue weighted by molar-refractivity contribution is 0.295. The number of rotatable bonds is 8. The summed E-state index contributed by atoms with van der Waals surface area (Å²) in [6, 6.07) is 13.8. The van der Waals surface area contributed by atoms with Crippen LogP contribution in [0, 0.1) is 13.8 Å². The molecule has 0 saturated heterocycles. The van der Waals surface area contributed by atoms with Crippen LogP contribution in [0.25, 0.3) is 11.3 Å². The van der Waals surface area contributed by atoms with Gasteiger partial charge in [-0.3, -0.25) is 9.97 Å². The van der Waals surface area contributed by atoms with E-state index in [4.69, 9.17) is 4.74 Å². The highest BCUT2D eigenvalue weighted by molar-refractivity contribution is 7.12. The molecule has 0 amide bonds. The van der Waals surface area contributed by atoms with Gasteiger partial charge in [-0.05, 0) is 49.7 Å². The van der Waals surface area contributed by atoms with E-state index in [0.29, 0.717) is 31.1 Å². The first-order chi connectivity index (χ1) is 15.2. The molecular weight excluding hydrogens is 408 g/mol. The summed E-state index contributed by atoms with van der Waals surface area (Å²) in [4.78, 5) is 19.8. The number of aryl methyl sites for hydroxylation is 2. The SMILES string of the molecule is Cc1cc(CN=Nc2cc(-c3ccncc3)nc(OCCc3ccccn3)n2)sc1C. The summed E-state index contributed by atoms with van der Waals surface area (Å²) in [5, 5.41) is 8.66. The quantitative estimate of drug-likeness (QED) is 0.344. The first kappa shape index (κ1) is 20.7. The smallest absolute Gasteiger partial charge is 0.319 e. The van der Waals surface area contributed by atoms with Crippen molar-refractivity contribution in [2.45, 2.75) is 26.8 Å². The van der Waals surface area contributed by atoms with Gasteiger partial charge in [-0.25, -0.2) is 0 Å². The molecule has 0 aromatic carbocycles. The Morgan fingerprint density at radius 3 is 2.61 bits per heavy atom. The van der Waals surface area contributed by atoms with E-state index in [0.717, 1.165) is 11.3 Å². The molecule has 0 saturated carbocycles. The lowest BCUT2D eigenvalue weighted by atomic mass is 10.2. The molecule has 0 aliphatic carbocycles. The third kappa shape index (κ3) is 5.76. The molecule has 0 fully saturated rings. The largest absolute Gasteiger partial charge is 0.463 e. The van der Waals surface area contributed by atoms with Crippen molar-refractivity contribution in [1.82, 2.24) is 19.9 Å². The summed E-state index contributed by atoms with van der Waals surface area (Å²) in [7, 11) is 0. The van der Waals surface area contributed by atoms with Crippen molar-refractivity contribution in [2.24, 2.45) is 10.2 Å². The summed E-state index contributed by atoms with van der Waals surface area (Å²) in [5.74, 6) is 0.458. The lowest BCUT2D eigenvalue weighted by Gasteiger charge is -2.07.